The SMILES string of the molecule is COc1cc(OC)cc(OCC(=O)N(Cc2ccc(C)cc2)C(Cc2ccccc2)C(=O)NC(C)C)c1. The van der Waals surface area contributed by atoms with E-state index in [9.17, 15) is 9.59 Å². The summed E-state index contributed by atoms with van der Waals surface area (Å²) >= 11 is 0. The normalized spacial score (nSPS) is 11.5. The van der Waals surface area contributed by atoms with Crippen LogP contribution in [0.15, 0.2) is 72.8 Å². The van der Waals surface area contributed by atoms with E-state index in [1.807, 2.05) is 75.4 Å². The van der Waals surface area contributed by atoms with E-state index in [0.717, 1.165) is 16.7 Å². The van der Waals surface area contributed by atoms with Gasteiger partial charge in [-0.3, -0.25) is 9.59 Å². The van der Waals surface area contributed by atoms with Crippen molar-refractivity contribution in [3.63, 3.8) is 0 Å². The maximum Gasteiger partial charge on any atom is 0.261 e. The molecule has 1 N–H and O–H groups in total. The summed E-state index contributed by atoms with van der Waals surface area (Å²) in [6.45, 7) is 5.85. The van der Waals surface area contributed by atoms with Crippen molar-refractivity contribution in [3.8, 4) is 17.2 Å². The molecule has 196 valence electrons. The highest BCUT2D eigenvalue weighted by Crippen LogP contribution is 2.27. The van der Waals surface area contributed by atoms with Gasteiger partial charge in [0, 0.05) is 37.2 Å². The van der Waals surface area contributed by atoms with Crippen molar-refractivity contribution < 1.29 is 23.8 Å². The zero-order chi connectivity index (χ0) is 26.8. The van der Waals surface area contributed by atoms with Gasteiger partial charge in [0.2, 0.25) is 5.91 Å². The molecule has 2 amide bonds. The van der Waals surface area contributed by atoms with Crippen molar-refractivity contribution >= 4 is 11.8 Å². The Balaban J connectivity index is 1.91. The van der Waals surface area contributed by atoms with Gasteiger partial charge in [-0.25, -0.2) is 0 Å². The molecule has 0 saturated heterocycles. The quantitative estimate of drug-likeness (QED) is 0.391. The highest BCUT2D eigenvalue weighted by molar-refractivity contribution is 5.88. The number of nitrogens with zero attached hydrogens (tertiary/aromatic N) is 1. The second-order valence-corrected chi connectivity index (χ2v) is 9.21. The third-order valence-corrected chi connectivity index (χ3v) is 5.86. The van der Waals surface area contributed by atoms with E-state index in [1.54, 1.807) is 37.3 Å². The Bertz CT molecular complexity index is 1140. The maximum atomic E-state index is 13.7. The molecule has 3 aromatic rings. The summed E-state index contributed by atoms with van der Waals surface area (Å²) in [4.78, 5) is 28.7. The van der Waals surface area contributed by atoms with Crippen molar-refractivity contribution in [1.29, 1.82) is 0 Å². The first kappa shape index (κ1) is 27.6. The number of methoxy groups -OCH3 is 2. The Morgan fingerprint density at radius 2 is 1.43 bits per heavy atom. The lowest BCUT2D eigenvalue weighted by atomic mass is 10.0. The molecule has 3 rings (SSSR count). The van der Waals surface area contributed by atoms with Gasteiger partial charge in [-0.1, -0.05) is 60.2 Å². The molecule has 1 atom stereocenters. The number of ether oxygens (including phenoxy) is 3. The van der Waals surface area contributed by atoms with E-state index < -0.39 is 6.04 Å². The lowest BCUT2D eigenvalue weighted by molar-refractivity contribution is -0.143. The van der Waals surface area contributed by atoms with Crippen LogP contribution in [0, 0.1) is 6.92 Å². The van der Waals surface area contributed by atoms with Gasteiger partial charge >= 0.3 is 0 Å². The van der Waals surface area contributed by atoms with Gasteiger partial charge in [0.05, 0.1) is 14.2 Å². The van der Waals surface area contributed by atoms with Crippen LogP contribution >= 0.6 is 0 Å². The van der Waals surface area contributed by atoms with Crippen molar-refractivity contribution in [3.05, 3.63) is 89.5 Å². The molecule has 7 nitrogen and oxygen atoms in total. The Hall–Kier alpha value is -4.00. The molecule has 0 aliphatic rings. The van der Waals surface area contributed by atoms with Crippen LogP contribution in [-0.2, 0) is 22.6 Å². The van der Waals surface area contributed by atoms with Crippen molar-refractivity contribution in [2.24, 2.45) is 0 Å². The summed E-state index contributed by atoms with van der Waals surface area (Å²) in [7, 11) is 3.10. The van der Waals surface area contributed by atoms with E-state index in [0.29, 0.717) is 23.7 Å². The molecule has 0 aliphatic carbocycles. The van der Waals surface area contributed by atoms with Crippen LogP contribution in [0.1, 0.15) is 30.5 Å². The van der Waals surface area contributed by atoms with Crippen molar-refractivity contribution in [1.82, 2.24) is 10.2 Å². The smallest absolute Gasteiger partial charge is 0.261 e. The second-order valence-electron chi connectivity index (χ2n) is 9.21. The zero-order valence-electron chi connectivity index (χ0n) is 22.2. The van der Waals surface area contributed by atoms with Crippen molar-refractivity contribution in [2.45, 2.75) is 45.8 Å². The number of benzene rings is 3. The van der Waals surface area contributed by atoms with Crippen LogP contribution in [0.3, 0.4) is 0 Å². The van der Waals surface area contributed by atoms with Gasteiger partial charge < -0.3 is 24.4 Å². The number of carbonyl (C=O) groups is 2. The molecule has 0 aromatic heterocycles. The Morgan fingerprint density at radius 3 is 2.00 bits per heavy atom. The minimum atomic E-state index is -0.720. The fourth-order valence-corrected chi connectivity index (χ4v) is 3.92. The van der Waals surface area contributed by atoms with Gasteiger partial charge in [-0.15, -0.1) is 0 Å². The first-order chi connectivity index (χ1) is 17.8. The van der Waals surface area contributed by atoms with E-state index in [4.69, 9.17) is 14.2 Å². The third-order valence-electron chi connectivity index (χ3n) is 5.86. The number of rotatable bonds is 12. The molecule has 0 fully saturated rings. The monoisotopic (exact) mass is 504 g/mol. The third kappa shape index (κ3) is 8.27. The van der Waals surface area contributed by atoms with Crippen molar-refractivity contribution in [2.75, 3.05) is 20.8 Å². The van der Waals surface area contributed by atoms with Gasteiger partial charge in [0.15, 0.2) is 6.61 Å². The van der Waals surface area contributed by atoms with Gasteiger partial charge in [-0.2, -0.15) is 0 Å². The molecule has 0 radical (unpaired) electrons. The lowest BCUT2D eigenvalue weighted by Crippen LogP contribution is -2.52. The largest absolute Gasteiger partial charge is 0.496 e. The Morgan fingerprint density at radius 1 is 0.838 bits per heavy atom. The molecule has 7 heteroatoms. The summed E-state index contributed by atoms with van der Waals surface area (Å²) in [6, 6.07) is 22.0. The zero-order valence-corrected chi connectivity index (χ0v) is 22.2. The van der Waals surface area contributed by atoms with Crippen LogP contribution in [0.25, 0.3) is 0 Å². The molecular weight excluding hydrogens is 468 g/mol. The highest BCUT2D eigenvalue weighted by Gasteiger charge is 2.31. The number of carbonyl (C=O) groups excluding carboxylic acids is 2. The summed E-state index contributed by atoms with van der Waals surface area (Å²) in [5, 5.41) is 2.99. The van der Waals surface area contributed by atoms with Gasteiger partial charge in [-0.05, 0) is 31.9 Å². The standard InChI is InChI=1S/C30H36N2O5/c1-21(2)31-30(34)28(15-23-9-7-6-8-10-23)32(19-24-13-11-22(3)12-14-24)29(33)20-37-27-17-25(35-4)16-26(18-27)36-5/h6-14,16-18,21,28H,15,19-20H2,1-5H3,(H,31,34). The number of aryl methyl sites for hydroxylation is 1. The molecule has 1 unspecified atom stereocenters. The van der Waals surface area contributed by atoms with E-state index in [2.05, 4.69) is 5.32 Å². The fraction of sp³-hybridized carbons (Fsp3) is 0.333. The summed E-state index contributed by atoms with van der Waals surface area (Å²) in [5.41, 5.74) is 3.01. The summed E-state index contributed by atoms with van der Waals surface area (Å²) in [5.74, 6) is 1.03. The number of amides is 2. The van der Waals surface area contributed by atoms with Gasteiger partial charge in [0.25, 0.3) is 5.91 Å². The molecule has 0 heterocycles. The average molecular weight is 505 g/mol. The molecular formula is C30H36N2O5. The highest BCUT2D eigenvalue weighted by atomic mass is 16.5. The second kappa shape index (κ2) is 13.3. The van der Waals surface area contributed by atoms with Crippen LogP contribution in [0.5, 0.6) is 17.2 Å². The van der Waals surface area contributed by atoms with Crippen LogP contribution < -0.4 is 19.5 Å². The average Bonchev–Trinajstić information content (AvgIpc) is 2.90. The maximum absolute atomic E-state index is 13.7. The van der Waals surface area contributed by atoms with Crippen LogP contribution in [0.2, 0.25) is 0 Å². The fourth-order valence-electron chi connectivity index (χ4n) is 3.92. The number of hydrogen-bond acceptors (Lipinski definition) is 5. The van der Waals surface area contributed by atoms with E-state index >= 15 is 0 Å². The Kier molecular flexibility index (Phi) is 9.95. The van der Waals surface area contributed by atoms with E-state index in [1.165, 1.54) is 0 Å². The van der Waals surface area contributed by atoms with E-state index in [-0.39, 0.29) is 31.0 Å². The first-order valence-corrected chi connectivity index (χ1v) is 12.3. The van der Waals surface area contributed by atoms with Crippen LogP contribution in [-0.4, -0.2) is 49.6 Å². The predicted octanol–water partition coefficient (Wildman–Crippen LogP) is 4.56. The minimum absolute atomic E-state index is 0.0670. The lowest BCUT2D eigenvalue weighted by Gasteiger charge is -2.32. The van der Waals surface area contributed by atoms with Gasteiger partial charge in [0.1, 0.15) is 23.3 Å². The van der Waals surface area contributed by atoms with Crippen LogP contribution in [0.4, 0.5) is 0 Å². The number of hydrogen-bond donors (Lipinski definition) is 1. The summed E-state index contributed by atoms with van der Waals surface area (Å²) < 4.78 is 16.5. The molecule has 0 bridgehead atoms. The molecule has 0 aliphatic heterocycles. The first-order valence-electron chi connectivity index (χ1n) is 12.3. The Labute approximate surface area is 219 Å². The summed E-state index contributed by atoms with van der Waals surface area (Å²) in [6.07, 6.45) is 0.379. The number of nitrogens with one attached hydrogen (secondary N) is 1. The molecule has 0 spiro atoms. The minimum Gasteiger partial charge on any atom is -0.496 e. The molecule has 0 saturated carbocycles. The molecule has 37 heavy (non-hydrogen) atoms. The predicted molar refractivity (Wildman–Crippen MR) is 144 cm³/mol. The topological polar surface area (TPSA) is 77.1 Å². The molecule has 3 aromatic carbocycles.